The summed E-state index contributed by atoms with van der Waals surface area (Å²) >= 11 is 0. The van der Waals surface area contributed by atoms with Crippen LogP contribution in [-0.2, 0) is 13.6 Å². The van der Waals surface area contributed by atoms with Gasteiger partial charge in [0.15, 0.2) is 5.82 Å². The first-order chi connectivity index (χ1) is 9.19. The average Bonchev–Trinajstić information content (AvgIpc) is 2.97. The van der Waals surface area contributed by atoms with Crippen LogP contribution in [0.15, 0.2) is 30.5 Å². The van der Waals surface area contributed by atoms with Crippen LogP contribution < -0.4 is 0 Å². The Labute approximate surface area is 110 Å². The van der Waals surface area contributed by atoms with E-state index in [1.807, 2.05) is 49.0 Å². The quantitative estimate of drug-likeness (QED) is 0.700. The maximum atomic E-state index is 8.90. The summed E-state index contributed by atoms with van der Waals surface area (Å²) in [5.74, 6) is 1.82. The molecule has 2 heterocycles. The maximum absolute atomic E-state index is 8.90. The van der Waals surface area contributed by atoms with Crippen molar-refractivity contribution in [1.29, 1.82) is 5.26 Å². The van der Waals surface area contributed by atoms with Crippen molar-refractivity contribution < 1.29 is 0 Å². The topological polar surface area (TPSA) is 59.4 Å². The van der Waals surface area contributed by atoms with Gasteiger partial charge in [0.1, 0.15) is 5.82 Å². The van der Waals surface area contributed by atoms with E-state index in [4.69, 9.17) is 5.26 Å². The number of benzene rings is 1. The number of fused-ring (bicyclic) bond motifs is 1. The summed E-state index contributed by atoms with van der Waals surface area (Å²) in [7, 11) is 1.96. The molecular weight excluding hydrogens is 238 g/mol. The zero-order valence-corrected chi connectivity index (χ0v) is 10.8. The van der Waals surface area contributed by atoms with E-state index >= 15 is 0 Å². The van der Waals surface area contributed by atoms with Gasteiger partial charge in [0.25, 0.3) is 0 Å². The Morgan fingerprint density at radius 3 is 2.79 bits per heavy atom. The second-order valence-corrected chi connectivity index (χ2v) is 4.55. The van der Waals surface area contributed by atoms with Crippen LogP contribution in [0.5, 0.6) is 0 Å². The normalized spacial score (nSPS) is 10.8. The molecule has 0 bridgehead atoms. The summed E-state index contributed by atoms with van der Waals surface area (Å²) in [5.41, 5.74) is 1.78. The van der Waals surface area contributed by atoms with E-state index in [-0.39, 0.29) is 0 Å². The van der Waals surface area contributed by atoms with E-state index < -0.39 is 0 Å². The molecule has 3 rings (SSSR count). The lowest BCUT2D eigenvalue weighted by atomic mass is 10.2. The molecule has 0 aliphatic rings. The molecule has 0 amide bonds. The lowest BCUT2D eigenvalue weighted by molar-refractivity contribution is 0.708. The summed E-state index contributed by atoms with van der Waals surface area (Å²) in [6.45, 7) is 2.61. The molecule has 0 aliphatic carbocycles. The summed E-state index contributed by atoms with van der Waals surface area (Å²) in [6.07, 6.45) is 2.01. The Hall–Kier alpha value is -2.61. The zero-order chi connectivity index (χ0) is 13.4. The van der Waals surface area contributed by atoms with Crippen LogP contribution in [-0.4, -0.2) is 19.3 Å². The van der Waals surface area contributed by atoms with Gasteiger partial charge in [-0.1, -0.05) is 0 Å². The van der Waals surface area contributed by atoms with Crippen LogP contribution in [0.3, 0.4) is 0 Å². The Morgan fingerprint density at radius 1 is 1.26 bits per heavy atom. The predicted molar refractivity (Wildman–Crippen MR) is 71.5 cm³/mol. The van der Waals surface area contributed by atoms with Gasteiger partial charge < -0.3 is 9.13 Å². The van der Waals surface area contributed by atoms with Gasteiger partial charge in [-0.3, -0.25) is 0 Å². The van der Waals surface area contributed by atoms with Gasteiger partial charge in [0.05, 0.1) is 18.2 Å². The lowest BCUT2D eigenvalue weighted by Gasteiger charge is -2.05. The van der Waals surface area contributed by atoms with Gasteiger partial charge in [0, 0.05) is 24.1 Å². The lowest BCUT2D eigenvalue weighted by Crippen LogP contribution is -2.05. The van der Waals surface area contributed by atoms with Crippen molar-refractivity contribution in [2.75, 3.05) is 0 Å². The molecule has 1 aromatic carbocycles. The standard InChI is InChI=1S/C14H13N5/c1-10-16-17-14(18(10)2)9-19-6-5-12-7-11(8-15)3-4-13(12)19/h3-7H,9H2,1-2H3. The molecule has 94 valence electrons. The Bertz CT molecular complexity index is 788. The summed E-state index contributed by atoms with van der Waals surface area (Å²) < 4.78 is 4.09. The molecule has 2 aromatic heterocycles. The molecule has 19 heavy (non-hydrogen) atoms. The van der Waals surface area contributed by atoms with Gasteiger partial charge in [0.2, 0.25) is 0 Å². The van der Waals surface area contributed by atoms with Crippen molar-refractivity contribution in [2.24, 2.45) is 7.05 Å². The molecule has 0 N–H and O–H groups in total. The fourth-order valence-electron chi connectivity index (χ4n) is 2.15. The highest BCUT2D eigenvalue weighted by Crippen LogP contribution is 2.18. The molecule has 0 atom stereocenters. The smallest absolute Gasteiger partial charge is 0.152 e. The van der Waals surface area contributed by atoms with Crippen molar-refractivity contribution in [3.05, 3.63) is 47.7 Å². The molecule has 0 radical (unpaired) electrons. The van der Waals surface area contributed by atoms with E-state index in [9.17, 15) is 0 Å². The molecule has 0 spiro atoms. The second-order valence-electron chi connectivity index (χ2n) is 4.55. The summed E-state index contributed by atoms with van der Waals surface area (Å²) in [6, 6.07) is 9.87. The molecular formula is C14H13N5. The third-order valence-corrected chi connectivity index (χ3v) is 3.39. The van der Waals surface area contributed by atoms with Gasteiger partial charge in [-0.05, 0) is 31.2 Å². The number of aryl methyl sites for hydroxylation is 1. The van der Waals surface area contributed by atoms with E-state index in [0.717, 1.165) is 22.6 Å². The maximum Gasteiger partial charge on any atom is 0.152 e. The molecule has 0 saturated carbocycles. The van der Waals surface area contributed by atoms with Crippen molar-refractivity contribution in [3.63, 3.8) is 0 Å². The van der Waals surface area contributed by atoms with Crippen molar-refractivity contribution >= 4 is 10.9 Å². The molecule has 5 nitrogen and oxygen atoms in total. The second kappa shape index (κ2) is 4.25. The number of aromatic nitrogens is 4. The number of nitrogens with zero attached hydrogens (tertiary/aromatic N) is 5. The Kier molecular flexibility index (Phi) is 2.57. The average molecular weight is 251 g/mol. The van der Waals surface area contributed by atoms with Crippen molar-refractivity contribution in [2.45, 2.75) is 13.5 Å². The van der Waals surface area contributed by atoms with Gasteiger partial charge in [-0.25, -0.2) is 0 Å². The minimum Gasteiger partial charge on any atom is -0.340 e. The minimum atomic E-state index is 0.673. The van der Waals surface area contributed by atoms with Crippen molar-refractivity contribution in [1.82, 2.24) is 19.3 Å². The van der Waals surface area contributed by atoms with E-state index in [1.54, 1.807) is 0 Å². The highest BCUT2D eigenvalue weighted by atomic mass is 15.3. The van der Waals surface area contributed by atoms with Crippen LogP contribution in [0.25, 0.3) is 10.9 Å². The SMILES string of the molecule is Cc1nnc(Cn2ccc3cc(C#N)ccc32)n1C. The molecule has 0 aliphatic heterocycles. The third-order valence-electron chi connectivity index (χ3n) is 3.39. The van der Waals surface area contributed by atoms with E-state index in [1.165, 1.54) is 0 Å². The molecule has 3 aromatic rings. The van der Waals surface area contributed by atoms with Crippen LogP contribution >= 0.6 is 0 Å². The van der Waals surface area contributed by atoms with Crippen molar-refractivity contribution in [3.8, 4) is 6.07 Å². The Balaban J connectivity index is 2.02. The number of hydrogen-bond donors (Lipinski definition) is 0. The number of nitriles is 1. The number of rotatable bonds is 2. The zero-order valence-electron chi connectivity index (χ0n) is 10.8. The first-order valence-corrected chi connectivity index (χ1v) is 6.03. The largest absolute Gasteiger partial charge is 0.340 e. The van der Waals surface area contributed by atoms with Gasteiger partial charge in [-0.15, -0.1) is 10.2 Å². The highest BCUT2D eigenvalue weighted by molar-refractivity contribution is 5.81. The van der Waals surface area contributed by atoms with Crippen LogP contribution in [0.2, 0.25) is 0 Å². The van der Waals surface area contributed by atoms with Crippen LogP contribution in [0.1, 0.15) is 17.2 Å². The van der Waals surface area contributed by atoms with Crippen LogP contribution in [0.4, 0.5) is 0 Å². The van der Waals surface area contributed by atoms with Gasteiger partial charge >= 0.3 is 0 Å². The minimum absolute atomic E-state index is 0.673. The molecule has 0 unspecified atom stereocenters. The monoisotopic (exact) mass is 251 g/mol. The number of hydrogen-bond acceptors (Lipinski definition) is 3. The first kappa shape index (κ1) is 11.5. The van der Waals surface area contributed by atoms with Gasteiger partial charge in [-0.2, -0.15) is 5.26 Å². The van der Waals surface area contributed by atoms with E-state index in [0.29, 0.717) is 12.1 Å². The summed E-state index contributed by atoms with van der Waals surface area (Å²) in [4.78, 5) is 0. The highest BCUT2D eigenvalue weighted by Gasteiger charge is 2.08. The molecule has 0 saturated heterocycles. The third kappa shape index (κ3) is 1.87. The summed E-state index contributed by atoms with van der Waals surface area (Å²) in [5, 5.41) is 18.2. The van der Waals surface area contributed by atoms with E-state index in [2.05, 4.69) is 20.8 Å². The molecule has 5 heteroatoms. The Morgan fingerprint density at radius 2 is 2.11 bits per heavy atom. The fraction of sp³-hybridized carbons (Fsp3) is 0.214. The molecule has 0 fully saturated rings. The fourth-order valence-corrected chi connectivity index (χ4v) is 2.15. The predicted octanol–water partition coefficient (Wildman–Crippen LogP) is 2.00. The first-order valence-electron chi connectivity index (χ1n) is 6.03. The van der Waals surface area contributed by atoms with Crippen LogP contribution in [0, 0.1) is 18.3 Å².